The Labute approximate surface area is 173 Å². The number of nitrogens with one attached hydrogen (secondary N) is 1. The molecule has 4 aromatic rings. The fourth-order valence-electron chi connectivity index (χ4n) is 3.49. The summed E-state index contributed by atoms with van der Waals surface area (Å²) < 4.78 is 2.93. The van der Waals surface area contributed by atoms with Crippen molar-refractivity contribution in [2.24, 2.45) is 0 Å². The predicted octanol–water partition coefficient (Wildman–Crippen LogP) is 4.85. The number of aliphatic hydroxyl groups is 1. The zero-order chi connectivity index (χ0) is 19.5. The van der Waals surface area contributed by atoms with Gasteiger partial charge >= 0.3 is 0 Å². The number of hydrogen-bond donors (Lipinski definition) is 2. The average Bonchev–Trinajstić information content (AvgIpc) is 3.13. The Bertz CT molecular complexity index is 1110. The average molecular weight is 436 g/mol. The second kappa shape index (κ2) is 8.27. The van der Waals surface area contributed by atoms with E-state index < -0.39 is 0 Å². The van der Waals surface area contributed by atoms with Gasteiger partial charge in [0.15, 0.2) is 0 Å². The van der Waals surface area contributed by atoms with E-state index in [9.17, 15) is 0 Å². The molecule has 0 aliphatic rings. The zero-order valence-electron chi connectivity index (χ0n) is 15.7. The van der Waals surface area contributed by atoms with Crippen LogP contribution in [0, 0.1) is 6.92 Å². The maximum absolute atomic E-state index is 8.95. The minimum Gasteiger partial charge on any atom is -0.395 e. The normalized spacial score (nSPS) is 11.2. The summed E-state index contributed by atoms with van der Waals surface area (Å²) in [6.45, 7) is 3.57. The van der Waals surface area contributed by atoms with E-state index in [1.807, 2.05) is 10.7 Å². The number of aliphatic hydroxyl groups excluding tert-OH is 1. The number of halogens is 1. The fourth-order valence-corrected chi connectivity index (χ4v) is 4.09. The molecule has 0 radical (unpaired) electrons. The summed E-state index contributed by atoms with van der Waals surface area (Å²) in [6, 6.07) is 21.0. The van der Waals surface area contributed by atoms with E-state index in [2.05, 4.69) is 89.0 Å². The lowest BCUT2D eigenvalue weighted by atomic mass is 9.99. The van der Waals surface area contributed by atoms with E-state index in [1.165, 1.54) is 16.7 Å². The molecule has 0 bridgehead atoms. The van der Waals surface area contributed by atoms with Crippen LogP contribution in [0.2, 0.25) is 0 Å². The molecule has 0 spiro atoms. The van der Waals surface area contributed by atoms with E-state index in [4.69, 9.17) is 10.2 Å². The van der Waals surface area contributed by atoms with Gasteiger partial charge in [0.2, 0.25) is 0 Å². The third-order valence-corrected chi connectivity index (χ3v) is 5.48. The van der Waals surface area contributed by atoms with Gasteiger partial charge in [-0.15, -0.1) is 0 Å². The van der Waals surface area contributed by atoms with Gasteiger partial charge in [-0.1, -0.05) is 42.5 Å². The summed E-state index contributed by atoms with van der Waals surface area (Å²) in [4.78, 5) is 0. The molecule has 0 atom stereocenters. The molecule has 0 aliphatic carbocycles. The van der Waals surface area contributed by atoms with Crippen molar-refractivity contribution in [2.75, 3.05) is 13.2 Å². The molecule has 2 N–H and O–H groups in total. The topological polar surface area (TPSA) is 50.1 Å². The van der Waals surface area contributed by atoms with Gasteiger partial charge in [0.05, 0.1) is 12.3 Å². The number of rotatable bonds is 6. The first kappa shape index (κ1) is 18.9. The third kappa shape index (κ3) is 3.74. The van der Waals surface area contributed by atoms with Crippen LogP contribution < -0.4 is 5.32 Å². The Kier molecular flexibility index (Phi) is 5.57. The van der Waals surface area contributed by atoms with Gasteiger partial charge in [0.1, 0.15) is 5.52 Å². The van der Waals surface area contributed by atoms with E-state index in [1.54, 1.807) is 0 Å². The zero-order valence-corrected chi connectivity index (χ0v) is 17.3. The molecular weight excluding hydrogens is 414 g/mol. The number of fused-ring (bicyclic) bond motifs is 1. The van der Waals surface area contributed by atoms with Gasteiger partial charge in [-0.25, -0.2) is 4.68 Å². The summed E-state index contributed by atoms with van der Waals surface area (Å²) in [5.74, 6) is 0. The summed E-state index contributed by atoms with van der Waals surface area (Å²) in [5, 5.41) is 18.1. The van der Waals surface area contributed by atoms with Crippen molar-refractivity contribution in [2.45, 2.75) is 13.5 Å². The first-order chi connectivity index (χ1) is 13.7. The summed E-state index contributed by atoms with van der Waals surface area (Å²) >= 11 is 3.66. The molecule has 0 saturated carbocycles. The minimum absolute atomic E-state index is 0.137. The molecule has 1 heterocycles. The Hall–Kier alpha value is -2.47. The van der Waals surface area contributed by atoms with Gasteiger partial charge in [-0.05, 0) is 63.3 Å². The van der Waals surface area contributed by atoms with Gasteiger partial charge in [-0.2, -0.15) is 5.10 Å². The van der Waals surface area contributed by atoms with Crippen LogP contribution in [0.5, 0.6) is 0 Å². The van der Waals surface area contributed by atoms with Crippen molar-refractivity contribution in [1.82, 2.24) is 15.1 Å². The maximum atomic E-state index is 8.95. The fraction of sp³-hybridized carbons (Fsp3) is 0.174. The number of benzene rings is 3. The highest BCUT2D eigenvalue weighted by Gasteiger charge is 2.12. The van der Waals surface area contributed by atoms with Gasteiger partial charge in [0, 0.05) is 29.1 Å². The Balaban J connectivity index is 1.74. The van der Waals surface area contributed by atoms with E-state index >= 15 is 0 Å². The van der Waals surface area contributed by atoms with Crippen LogP contribution >= 0.6 is 15.9 Å². The summed E-state index contributed by atoms with van der Waals surface area (Å²) in [6.07, 6.45) is 2.08. The molecular formula is C23H22BrN3O. The van der Waals surface area contributed by atoms with Gasteiger partial charge < -0.3 is 10.4 Å². The van der Waals surface area contributed by atoms with Crippen molar-refractivity contribution < 1.29 is 5.11 Å². The Morgan fingerprint density at radius 2 is 1.89 bits per heavy atom. The third-order valence-electron chi connectivity index (χ3n) is 4.88. The second-order valence-corrected chi connectivity index (χ2v) is 7.66. The molecule has 3 aromatic carbocycles. The minimum atomic E-state index is 0.137. The first-order valence-electron chi connectivity index (χ1n) is 9.32. The molecule has 4 rings (SSSR count). The molecule has 0 aliphatic heterocycles. The van der Waals surface area contributed by atoms with Crippen LogP contribution in [-0.2, 0) is 6.54 Å². The summed E-state index contributed by atoms with van der Waals surface area (Å²) in [5.41, 5.74) is 6.78. The lowest BCUT2D eigenvalue weighted by Crippen LogP contribution is -2.17. The number of nitrogens with zero attached hydrogens (tertiary/aromatic N) is 2. The largest absolute Gasteiger partial charge is 0.395 e. The van der Waals surface area contributed by atoms with Crippen LogP contribution in [0.3, 0.4) is 0 Å². The molecule has 5 heteroatoms. The quantitative estimate of drug-likeness (QED) is 0.425. The van der Waals surface area contributed by atoms with Crippen molar-refractivity contribution in [1.29, 1.82) is 0 Å². The van der Waals surface area contributed by atoms with Crippen LogP contribution in [0.15, 0.2) is 71.3 Å². The Morgan fingerprint density at radius 3 is 2.68 bits per heavy atom. The molecule has 0 saturated heterocycles. The molecule has 0 fully saturated rings. The van der Waals surface area contributed by atoms with Crippen LogP contribution in [0.4, 0.5) is 0 Å². The molecule has 1 aromatic heterocycles. The Morgan fingerprint density at radius 1 is 1.07 bits per heavy atom. The van der Waals surface area contributed by atoms with Crippen molar-refractivity contribution in [3.63, 3.8) is 0 Å². The van der Waals surface area contributed by atoms with Crippen molar-refractivity contribution >= 4 is 26.8 Å². The van der Waals surface area contributed by atoms with Gasteiger partial charge in [0.25, 0.3) is 0 Å². The second-order valence-electron chi connectivity index (χ2n) is 6.81. The summed E-state index contributed by atoms with van der Waals surface area (Å²) in [7, 11) is 0. The molecule has 28 heavy (non-hydrogen) atoms. The maximum Gasteiger partial charge on any atom is 0.107 e. The molecule has 0 unspecified atom stereocenters. The van der Waals surface area contributed by atoms with E-state index in [0.717, 1.165) is 26.6 Å². The van der Waals surface area contributed by atoms with Crippen LogP contribution in [0.25, 0.3) is 27.7 Å². The SMILES string of the molecule is Cc1c(-c2ccccc2)cccc1-n1cc2cc(CNCCO)cc(Br)c2n1. The van der Waals surface area contributed by atoms with E-state index in [-0.39, 0.29) is 6.61 Å². The lowest BCUT2D eigenvalue weighted by molar-refractivity contribution is 0.292. The lowest BCUT2D eigenvalue weighted by Gasteiger charge is -2.11. The van der Waals surface area contributed by atoms with Crippen LogP contribution in [0.1, 0.15) is 11.1 Å². The smallest absolute Gasteiger partial charge is 0.107 e. The molecule has 4 nitrogen and oxygen atoms in total. The monoisotopic (exact) mass is 435 g/mol. The number of aromatic nitrogens is 2. The number of hydrogen-bond acceptors (Lipinski definition) is 3. The highest BCUT2D eigenvalue weighted by Crippen LogP contribution is 2.30. The van der Waals surface area contributed by atoms with Crippen molar-refractivity contribution in [3.8, 4) is 16.8 Å². The predicted molar refractivity (Wildman–Crippen MR) is 118 cm³/mol. The molecule has 142 valence electrons. The first-order valence-corrected chi connectivity index (χ1v) is 10.1. The highest BCUT2D eigenvalue weighted by molar-refractivity contribution is 9.10. The standard InChI is InChI=1S/C23H22BrN3O/c1-16-20(18-6-3-2-4-7-18)8-5-9-22(16)27-15-19-12-17(14-25-10-11-28)13-21(24)23(19)26-27/h2-9,12-13,15,25,28H,10-11,14H2,1H3. The van der Waals surface area contributed by atoms with E-state index in [0.29, 0.717) is 13.1 Å². The molecule has 0 amide bonds. The van der Waals surface area contributed by atoms with Crippen LogP contribution in [-0.4, -0.2) is 28.0 Å². The highest BCUT2D eigenvalue weighted by atomic mass is 79.9. The van der Waals surface area contributed by atoms with Crippen molar-refractivity contribution in [3.05, 3.63) is 82.5 Å². The van der Waals surface area contributed by atoms with Gasteiger partial charge in [-0.3, -0.25) is 0 Å².